The van der Waals surface area contributed by atoms with Crippen molar-refractivity contribution in [2.75, 3.05) is 6.54 Å². The SMILES string of the molecule is CCc1ccc(Cl)cc1CCC(=O)[C@@H]1CCN1C(=O)C1(O)CCc2ncccc21. The molecule has 2 aromatic rings. The van der Waals surface area contributed by atoms with E-state index in [-0.39, 0.29) is 11.7 Å². The molecule has 4 rings (SSSR count). The van der Waals surface area contributed by atoms with Crippen molar-refractivity contribution in [1.29, 1.82) is 0 Å². The van der Waals surface area contributed by atoms with Crippen LogP contribution in [0.25, 0.3) is 0 Å². The molecule has 0 saturated carbocycles. The molecule has 5 nitrogen and oxygen atoms in total. The fraction of sp³-hybridized carbons (Fsp3) is 0.435. The molecule has 1 saturated heterocycles. The maximum Gasteiger partial charge on any atom is 0.259 e. The summed E-state index contributed by atoms with van der Waals surface area (Å²) in [7, 11) is 0. The Hall–Kier alpha value is -2.24. The van der Waals surface area contributed by atoms with E-state index in [9.17, 15) is 14.7 Å². The summed E-state index contributed by atoms with van der Waals surface area (Å²) in [6.45, 7) is 2.58. The Morgan fingerprint density at radius 2 is 2.14 bits per heavy atom. The number of rotatable bonds is 6. The lowest BCUT2D eigenvalue weighted by Gasteiger charge is -2.43. The molecule has 1 amide bonds. The monoisotopic (exact) mass is 412 g/mol. The van der Waals surface area contributed by atoms with Crippen LogP contribution in [0.15, 0.2) is 36.5 Å². The van der Waals surface area contributed by atoms with Gasteiger partial charge in [0.1, 0.15) is 0 Å². The number of Topliss-reactive ketones (excluding diaryl/α,β-unsaturated/α-hetero) is 1. The lowest BCUT2D eigenvalue weighted by molar-refractivity contribution is -0.163. The predicted octanol–water partition coefficient (Wildman–Crippen LogP) is 3.23. The van der Waals surface area contributed by atoms with Gasteiger partial charge in [0.25, 0.3) is 5.91 Å². The number of carbonyl (C=O) groups is 2. The van der Waals surface area contributed by atoms with E-state index < -0.39 is 11.6 Å². The summed E-state index contributed by atoms with van der Waals surface area (Å²) < 4.78 is 0. The first-order valence-electron chi connectivity index (χ1n) is 10.2. The highest BCUT2D eigenvalue weighted by molar-refractivity contribution is 6.30. The van der Waals surface area contributed by atoms with Gasteiger partial charge in [0.2, 0.25) is 0 Å². The summed E-state index contributed by atoms with van der Waals surface area (Å²) in [4.78, 5) is 31.8. The Morgan fingerprint density at radius 1 is 1.31 bits per heavy atom. The van der Waals surface area contributed by atoms with E-state index in [4.69, 9.17) is 11.6 Å². The van der Waals surface area contributed by atoms with Gasteiger partial charge in [-0.25, -0.2) is 0 Å². The van der Waals surface area contributed by atoms with Crippen LogP contribution >= 0.6 is 11.6 Å². The standard InChI is InChI=1S/C23H25ClN2O3/c1-2-15-5-7-17(24)14-16(15)6-8-21(27)20-10-13-26(20)22(28)23(29)11-9-19-18(23)4-3-12-25-19/h3-5,7,12,14,20,29H,2,6,8-11,13H2,1H3/t20-,23?/m0/s1. The highest BCUT2D eigenvalue weighted by Crippen LogP contribution is 2.39. The largest absolute Gasteiger partial charge is 0.375 e. The number of fused-ring (bicyclic) bond motifs is 1. The first-order chi connectivity index (χ1) is 13.9. The van der Waals surface area contributed by atoms with Gasteiger partial charge >= 0.3 is 0 Å². The van der Waals surface area contributed by atoms with Gasteiger partial charge in [-0.1, -0.05) is 30.7 Å². The third-order valence-corrected chi connectivity index (χ3v) is 6.49. The number of amides is 1. The molecular formula is C23H25ClN2O3. The minimum atomic E-state index is -1.56. The minimum Gasteiger partial charge on any atom is -0.375 e. The van der Waals surface area contributed by atoms with Gasteiger partial charge in [-0.3, -0.25) is 14.6 Å². The lowest BCUT2D eigenvalue weighted by atomic mass is 9.88. The Labute approximate surface area is 175 Å². The Bertz CT molecular complexity index is 961. The van der Waals surface area contributed by atoms with E-state index in [1.54, 1.807) is 23.2 Å². The summed E-state index contributed by atoms with van der Waals surface area (Å²) in [6.07, 6.45) is 5.06. The zero-order chi connectivity index (χ0) is 20.6. The maximum absolute atomic E-state index is 13.1. The number of likely N-dealkylation sites (tertiary alicyclic amines) is 1. The van der Waals surface area contributed by atoms with Gasteiger partial charge in [0, 0.05) is 35.4 Å². The number of pyridine rings is 1. The van der Waals surface area contributed by atoms with Crippen molar-refractivity contribution in [3.8, 4) is 0 Å². The van der Waals surface area contributed by atoms with E-state index in [1.165, 1.54) is 5.56 Å². The molecule has 0 spiro atoms. The Morgan fingerprint density at radius 3 is 2.86 bits per heavy atom. The molecule has 2 aliphatic rings. The van der Waals surface area contributed by atoms with E-state index in [2.05, 4.69) is 11.9 Å². The molecule has 1 aliphatic heterocycles. The number of aliphatic hydroxyl groups is 1. The third kappa shape index (κ3) is 3.58. The van der Waals surface area contributed by atoms with Crippen LogP contribution in [0.3, 0.4) is 0 Å². The van der Waals surface area contributed by atoms with E-state index in [0.717, 1.165) is 17.7 Å². The fourth-order valence-electron chi connectivity index (χ4n) is 4.47. The van der Waals surface area contributed by atoms with E-state index >= 15 is 0 Å². The average Bonchev–Trinajstić information content (AvgIpc) is 3.04. The van der Waals surface area contributed by atoms with Crippen LogP contribution in [-0.4, -0.2) is 39.3 Å². The van der Waals surface area contributed by atoms with Gasteiger partial charge in [0.05, 0.1) is 6.04 Å². The van der Waals surface area contributed by atoms with E-state index in [1.807, 2.05) is 18.2 Å². The van der Waals surface area contributed by atoms with Gasteiger partial charge in [0.15, 0.2) is 11.4 Å². The van der Waals surface area contributed by atoms with Gasteiger partial charge < -0.3 is 10.0 Å². The highest BCUT2D eigenvalue weighted by atomic mass is 35.5. The molecule has 1 aromatic heterocycles. The van der Waals surface area contributed by atoms with Gasteiger partial charge in [-0.05, 0) is 61.4 Å². The second kappa shape index (κ2) is 7.88. The quantitative estimate of drug-likeness (QED) is 0.790. The van der Waals surface area contributed by atoms with Crippen LogP contribution in [0.2, 0.25) is 5.02 Å². The summed E-state index contributed by atoms with van der Waals surface area (Å²) in [5.74, 6) is -0.328. The number of aryl methyl sites for hydroxylation is 3. The molecule has 6 heteroatoms. The molecule has 152 valence electrons. The van der Waals surface area contributed by atoms with Crippen LogP contribution < -0.4 is 0 Å². The van der Waals surface area contributed by atoms with Crippen molar-refractivity contribution >= 4 is 23.3 Å². The van der Waals surface area contributed by atoms with Crippen molar-refractivity contribution in [2.45, 2.75) is 57.1 Å². The highest BCUT2D eigenvalue weighted by Gasteiger charge is 2.50. The number of carbonyl (C=O) groups excluding carboxylic acids is 2. The maximum atomic E-state index is 13.1. The molecule has 29 heavy (non-hydrogen) atoms. The first-order valence-corrected chi connectivity index (χ1v) is 10.6. The molecule has 2 heterocycles. The molecular weight excluding hydrogens is 388 g/mol. The van der Waals surface area contributed by atoms with Crippen LogP contribution in [-0.2, 0) is 34.5 Å². The average molecular weight is 413 g/mol. The molecule has 0 radical (unpaired) electrons. The number of aromatic nitrogens is 1. The zero-order valence-electron chi connectivity index (χ0n) is 16.5. The Balaban J connectivity index is 1.44. The molecule has 1 unspecified atom stereocenters. The van der Waals surface area contributed by atoms with Crippen LogP contribution in [0.1, 0.15) is 48.6 Å². The van der Waals surface area contributed by atoms with Crippen molar-refractivity contribution in [2.24, 2.45) is 0 Å². The number of hydrogen-bond donors (Lipinski definition) is 1. The van der Waals surface area contributed by atoms with Crippen LogP contribution in [0.4, 0.5) is 0 Å². The fourth-order valence-corrected chi connectivity index (χ4v) is 4.66. The summed E-state index contributed by atoms with van der Waals surface area (Å²) in [6, 6.07) is 8.83. The lowest BCUT2D eigenvalue weighted by Crippen LogP contribution is -2.60. The summed E-state index contributed by atoms with van der Waals surface area (Å²) >= 11 is 6.11. The molecule has 1 aromatic carbocycles. The van der Waals surface area contributed by atoms with E-state index in [0.29, 0.717) is 49.2 Å². The summed E-state index contributed by atoms with van der Waals surface area (Å²) in [5.41, 5.74) is 2.05. The molecule has 2 atom stereocenters. The molecule has 1 aliphatic carbocycles. The topological polar surface area (TPSA) is 70.5 Å². The van der Waals surface area contributed by atoms with Gasteiger partial charge in [-0.15, -0.1) is 0 Å². The number of nitrogens with zero attached hydrogens (tertiary/aromatic N) is 2. The third-order valence-electron chi connectivity index (χ3n) is 6.26. The van der Waals surface area contributed by atoms with Gasteiger partial charge in [-0.2, -0.15) is 0 Å². The molecule has 1 N–H and O–H groups in total. The normalized spacial score (nSPS) is 22.9. The smallest absolute Gasteiger partial charge is 0.259 e. The van der Waals surface area contributed by atoms with Crippen molar-refractivity contribution < 1.29 is 14.7 Å². The second-order valence-corrected chi connectivity index (χ2v) is 8.33. The zero-order valence-corrected chi connectivity index (χ0v) is 17.3. The second-order valence-electron chi connectivity index (χ2n) is 7.89. The van der Waals surface area contributed by atoms with Crippen molar-refractivity contribution in [3.05, 3.63) is 63.9 Å². The number of hydrogen-bond acceptors (Lipinski definition) is 4. The van der Waals surface area contributed by atoms with Crippen molar-refractivity contribution in [1.82, 2.24) is 9.88 Å². The number of halogens is 1. The van der Waals surface area contributed by atoms with Crippen LogP contribution in [0.5, 0.6) is 0 Å². The Kier molecular flexibility index (Phi) is 5.45. The molecule has 0 bridgehead atoms. The number of benzene rings is 1. The summed E-state index contributed by atoms with van der Waals surface area (Å²) in [5, 5.41) is 11.8. The van der Waals surface area contributed by atoms with Crippen LogP contribution in [0, 0.1) is 0 Å². The number of ketones is 1. The van der Waals surface area contributed by atoms with Crippen molar-refractivity contribution in [3.63, 3.8) is 0 Å². The first kappa shape index (κ1) is 20.0. The molecule has 1 fully saturated rings. The predicted molar refractivity (Wildman–Crippen MR) is 111 cm³/mol. The minimum absolute atomic E-state index is 0.0413.